The van der Waals surface area contributed by atoms with Gasteiger partial charge in [-0.3, -0.25) is 4.79 Å². The quantitative estimate of drug-likeness (QED) is 0.835. The Balaban J connectivity index is 2.16. The van der Waals surface area contributed by atoms with Crippen LogP contribution in [0.5, 0.6) is 11.5 Å². The summed E-state index contributed by atoms with van der Waals surface area (Å²) in [6, 6.07) is 5.77. The fraction of sp³-hybridized carbons (Fsp3) is 0.562. The molecule has 0 radical (unpaired) electrons. The number of ether oxygens (including phenoxy) is 3. The van der Waals surface area contributed by atoms with Crippen molar-refractivity contribution in [1.29, 1.82) is 0 Å². The molecule has 0 bridgehead atoms. The number of carbonyl (C=O) groups is 1. The minimum absolute atomic E-state index is 0.0102. The molecule has 0 spiro atoms. The van der Waals surface area contributed by atoms with Gasteiger partial charge < -0.3 is 19.1 Å². The monoisotopic (exact) mass is 293 g/mol. The highest BCUT2D eigenvalue weighted by molar-refractivity contribution is 5.77. The molecule has 1 saturated heterocycles. The summed E-state index contributed by atoms with van der Waals surface area (Å²) in [5.74, 6) is 1.87. The molecule has 2 rings (SSSR count). The predicted octanol–water partition coefficient (Wildman–Crippen LogP) is 2.26. The Morgan fingerprint density at radius 3 is 2.76 bits per heavy atom. The van der Waals surface area contributed by atoms with Crippen molar-refractivity contribution in [1.82, 2.24) is 4.90 Å². The predicted molar refractivity (Wildman–Crippen MR) is 79.7 cm³/mol. The van der Waals surface area contributed by atoms with Crippen LogP contribution in [0.25, 0.3) is 0 Å². The summed E-state index contributed by atoms with van der Waals surface area (Å²) >= 11 is 0. The maximum atomic E-state index is 11.5. The van der Waals surface area contributed by atoms with Crippen molar-refractivity contribution in [2.45, 2.75) is 20.0 Å². The summed E-state index contributed by atoms with van der Waals surface area (Å²) in [5.41, 5.74) is 0.994. The highest BCUT2D eigenvalue weighted by Crippen LogP contribution is 2.32. The van der Waals surface area contributed by atoms with Gasteiger partial charge in [-0.1, -0.05) is 19.9 Å². The molecule has 1 heterocycles. The van der Waals surface area contributed by atoms with Crippen LogP contribution in [-0.2, 0) is 9.53 Å². The van der Waals surface area contributed by atoms with Gasteiger partial charge in [0.1, 0.15) is 12.7 Å². The van der Waals surface area contributed by atoms with Crippen LogP contribution < -0.4 is 9.47 Å². The van der Waals surface area contributed by atoms with Crippen molar-refractivity contribution in [3.63, 3.8) is 0 Å². The molecule has 1 unspecified atom stereocenters. The first-order valence-electron chi connectivity index (χ1n) is 7.17. The zero-order chi connectivity index (χ0) is 15.4. The van der Waals surface area contributed by atoms with Crippen LogP contribution in [0.3, 0.4) is 0 Å². The Hall–Kier alpha value is -1.75. The van der Waals surface area contributed by atoms with Gasteiger partial charge in [-0.05, 0) is 23.6 Å². The van der Waals surface area contributed by atoms with Crippen LogP contribution in [0.15, 0.2) is 18.2 Å². The van der Waals surface area contributed by atoms with Crippen LogP contribution in [0.1, 0.15) is 25.5 Å². The molecule has 116 valence electrons. The number of nitrogens with zero attached hydrogens (tertiary/aromatic N) is 1. The lowest BCUT2D eigenvalue weighted by Gasteiger charge is -2.30. The van der Waals surface area contributed by atoms with Crippen molar-refractivity contribution in [2.24, 2.45) is 5.92 Å². The lowest BCUT2D eigenvalue weighted by atomic mass is 10.1. The third-order valence-corrected chi connectivity index (χ3v) is 3.41. The minimum Gasteiger partial charge on any atom is -0.493 e. The lowest BCUT2D eigenvalue weighted by molar-refractivity contribution is -0.147. The van der Waals surface area contributed by atoms with Gasteiger partial charge in [0.2, 0.25) is 5.91 Å². The highest BCUT2D eigenvalue weighted by Gasteiger charge is 2.25. The maximum Gasteiger partial charge on any atom is 0.248 e. The van der Waals surface area contributed by atoms with Gasteiger partial charge in [0.05, 0.1) is 20.3 Å². The number of morpholine rings is 1. The summed E-state index contributed by atoms with van der Waals surface area (Å²) in [7, 11) is 3.42. The zero-order valence-corrected chi connectivity index (χ0v) is 13.1. The molecule has 1 aromatic rings. The SMILES string of the molecule is COc1ccc(C2CN(C)C(=O)CO2)cc1OCC(C)C. The second kappa shape index (κ2) is 6.80. The molecule has 0 N–H and O–H groups in total. The van der Waals surface area contributed by atoms with Crippen LogP contribution in [-0.4, -0.2) is 44.7 Å². The summed E-state index contributed by atoms with van der Waals surface area (Å²) in [4.78, 5) is 13.2. The molecular weight excluding hydrogens is 270 g/mol. The number of rotatable bonds is 5. The topological polar surface area (TPSA) is 48.0 Å². The number of benzene rings is 1. The third-order valence-electron chi connectivity index (χ3n) is 3.41. The molecule has 1 aliphatic heterocycles. The van der Waals surface area contributed by atoms with E-state index in [1.54, 1.807) is 19.1 Å². The summed E-state index contributed by atoms with van der Waals surface area (Å²) in [6.07, 6.45) is -0.125. The van der Waals surface area contributed by atoms with E-state index in [-0.39, 0.29) is 18.6 Å². The number of amides is 1. The Morgan fingerprint density at radius 2 is 2.14 bits per heavy atom. The van der Waals surface area contributed by atoms with E-state index in [9.17, 15) is 4.79 Å². The molecule has 5 heteroatoms. The van der Waals surface area contributed by atoms with Gasteiger partial charge in [-0.15, -0.1) is 0 Å². The van der Waals surface area contributed by atoms with E-state index in [0.717, 1.165) is 5.56 Å². The summed E-state index contributed by atoms with van der Waals surface area (Å²) < 4.78 is 16.7. The fourth-order valence-electron chi connectivity index (χ4n) is 2.15. The van der Waals surface area contributed by atoms with Gasteiger partial charge in [0.15, 0.2) is 11.5 Å². The van der Waals surface area contributed by atoms with E-state index in [1.807, 2.05) is 18.2 Å². The number of methoxy groups -OCH3 is 1. The molecule has 1 amide bonds. The first kappa shape index (κ1) is 15.6. The molecule has 1 aromatic carbocycles. The normalized spacial score (nSPS) is 19.0. The Kier molecular flexibility index (Phi) is 5.07. The molecule has 0 saturated carbocycles. The van der Waals surface area contributed by atoms with Crippen molar-refractivity contribution < 1.29 is 19.0 Å². The Bertz CT molecular complexity index is 501. The third kappa shape index (κ3) is 3.88. The van der Waals surface area contributed by atoms with Crippen LogP contribution in [0.4, 0.5) is 0 Å². The smallest absolute Gasteiger partial charge is 0.248 e. The van der Waals surface area contributed by atoms with Crippen LogP contribution >= 0.6 is 0 Å². The van der Waals surface area contributed by atoms with Gasteiger partial charge in [-0.25, -0.2) is 0 Å². The van der Waals surface area contributed by atoms with E-state index in [2.05, 4.69) is 13.8 Å². The molecule has 1 aliphatic rings. The lowest BCUT2D eigenvalue weighted by Crippen LogP contribution is -2.40. The standard InChI is InChI=1S/C16H23NO4/c1-11(2)9-20-14-7-12(5-6-13(14)19-4)15-8-17(3)16(18)10-21-15/h5-7,11,15H,8-10H2,1-4H3. The molecule has 21 heavy (non-hydrogen) atoms. The zero-order valence-electron chi connectivity index (χ0n) is 13.1. The van der Waals surface area contributed by atoms with E-state index in [1.165, 1.54) is 0 Å². The molecule has 1 atom stereocenters. The van der Waals surface area contributed by atoms with Crippen molar-refractivity contribution in [3.8, 4) is 11.5 Å². The van der Waals surface area contributed by atoms with Gasteiger partial charge in [0.25, 0.3) is 0 Å². The molecule has 0 aliphatic carbocycles. The number of hydrogen-bond donors (Lipinski definition) is 0. The average Bonchev–Trinajstić information content (AvgIpc) is 2.47. The van der Waals surface area contributed by atoms with E-state index < -0.39 is 0 Å². The second-order valence-corrected chi connectivity index (χ2v) is 5.69. The summed E-state index contributed by atoms with van der Waals surface area (Å²) in [5, 5.41) is 0. The van der Waals surface area contributed by atoms with Crippen molar-refractivity contribution >= 4 is 5.91 Å². The van der Waals surface area contributed by atoms with Crippen LogP contribution in [0.2, 0.25) is 0 Å². The molecule has 5 nitrogen and oxygen atoms in total. The van der Waals surface area contributed by atoms with Gasteiger partial charge >= 0.3 is 0 Å². The first-order valence-corrected chi connectivity index (χ1v) is 7.17. The maximum absolute atomic E-state index is 11.5. The Labute approximate surface area is 125 Å². The number of likely N-dealkylation sites (N-methyl/N-ethyl adjacent to an activating group) is 1. The summed E-state index contributed by atoms with van der Waals surface area (Å²) in [6.45, 7) is 5.50. The van der Waals surface area contributed by atoms with E-state index >= 15 is 0 Å². The highest BCUT2D eigenvalue weighted by atomic mass is 16.5. The van der Waals surface area contributed by atoms with Crippen LogP contribution in [0, 0.1) is 5.92 Å². The average molecular weight is 293 g/mol. The Morgan fingerprint density at radius 1 is 1.38 bits per heavy atom. The van der Waals surface area contributed by atoms with E-state index in [4.69, 9.17) is 14.2 Å². The van der Waals surface area contributed by atoms with Crippen molar-refractivity contribution in [3.05, 3.63) is 23.8 Å². The largest absolute Gasteiger partial charge is 0.493 e. The first-order chi connectivity index (χ1) is 10.0. The molecule has 0 aromatic heterocycles. The second-order valence-electron chi connectivity index (χ2n) is 5.69. The fourth-order valence-corrected chi connectivity index (χ4v) is 2.15. The number of carbonyl (C=O) groups excluding carboxylic acids is 1. The van der Waals surface area contributed by atoms with Gasteiger partial charge in [0, 0.05) is 7.05 Å². The number of hydrogen-bond acceptors (Lipinski definition) is 4. The minimum atomic E-state index is -0.125. The van der Waals surface area contributed by atoms with Crippen molar-refractivity contribution in [2.75, 3.05) is 33.9 Å². The van der Waals surface area contributed by atoms with E-state index in [0.29, 0.717) is 30.6 Å². The molecular formula is C16H23NO4. The van der Waals surface area contributed by atoms with Gasteiger partial charge in [-0.2, -0.15) is 0 Å². The molecule has 1 fully saturated rings.